The molecule has 0 aromatic heterocycles. The number of halogens is 2. The molecular weight excluding hydrogens is 467 g/mol. The van der Waals surface area contributed by atoms with Crippen LogP contribution in [0.4, 0.5) is 15.8 Å². The van der Waals surface area contributed by atoms with E-state index in [1.807, 2.05) is 6.92 Å². The molecule has 8 heteroatoms. The van der Waals surface area contributed by atoms with Gasteiger partial charge in [0.05, 0.1) is 18.2 Å². The van der Waals surface area contributed by atoms with Crippen LogP contribution in [0.3, 0.4) is 0 Å². The van der Waals surface area contributed by atoms with Gasteiger partial charge in [-0.3, -0.25) is 9.59 Å². The normalized spacial score (nSPS) is 10.3. The minimum Gasteiger partial charge on any atom is -0.493 e. The highest BCUT2D eigenvalue weighted by Gasteiger charge is 2.16. The number of hydrogen-bond donors (Lipinski definition) is 2. The van der Waals surface area contributed by atoms with Gasteiger partial charge in [-0.05, 0) is 71.4 Å². The Kier molecular flexibility index (Phi) is 7.25. The number of carbonyl (C=O) groups is 2. The molecule has 0 spiro atoms. The summed E-state index contributed by atoms with van der Waals surface area (Å²) in [6, 6.07) is 15.3. The van der Waals surface area contributed by atoms with Crippen molar-refractivity contribution in [2.75, 3.05) is 24.4 Å². The number of carbonyl (C=O) groups excluding carboxylic acids is 2. The van der Waals surface area contributed by atoms with Crippen molar-refractivity contribution in [3.8, 4) is 11.5 Å². The van der Waals surface area contributed by atoms with Gasteiger partial charge in [-0.15, -0.1) is 0 Å². The van der Waals surface area contributed by atoms with Gasteiger partial charge in [-0.25, -0.2) is 4.39 Å². The van der Waals surface area contributed by atoms with Crippen LogP contribution in [-0.4, -0.2) is 25.5 Å². The largest absolute Gasteiger partial charge is 0.493 e. The minimum atomic E-state index is -0.448. The average Bonchev–Trinajstić information content (AvgIpc) is 2.75. The summed E-state index contributed by atoms with van der Waals surface area (Å²) in [7, 11) is 1.49. The third-order valence-electron chi connectivity index (χ3n) is 4.25. The van der Waals surface area contributed by atoms with Gasteiger partial charge in [0.15, 0.2) is 11.5 Å². The SMILES string of the molecule is CCOc1c(Br)cc(C(=O)Nc2cccc(C(=O)Nc3cccc(F)c3)c2)cc1OC. The molecule has 3 aromatic rings. The standard InChI is InChI=1S/C23H20BrFN2O4/c1-3-31-21-19(24)11-15(12-20(21)30-2)23(29)26-17-8-4-6-14(10-17)22(28)27-18-9-5-7-16(25)13-18/h4-13H,3H2,1-2H3,(H,26,29)(H,27,28). The van der Waals surface area contributed by atoms with E-state index in [2.05, 4.69) is 26.6 Å². The van der Waals surface area contributed by atoms with E-state index >= 15 is 0 Å². The average molecular weight is 487 g/mol. The van der Waals surface area contributed by atoms with Crippen molar-refractivity contribution in [3.63, 3.8) is 0 Å². The topological polar surface area (TPSA) is 76.7 Å². The molecule has 0 unspecified atom stereocenters. The van der Waals surface area contributed by atoms with Crippen molar-refractivity contribution >= 4 is 39.1 Å². The van der Waals surface area contributed by atoms with Crippen molar-refractivity contribution in [1.29, 1.82) is 0 Å². The lowest BCUT2D eigenvalue weighted by Crippen LogP contribution is -2.15. The number of benzene rings is 3. The number of anilines is 2. The second-order valence-electron chi connectivity index (χ2n) is 6.42. The Morgan fingerprint density at radius 2 is 1.58 bits per heavy atom. The smallest absolute Gasteiger partial charge is 0.255 e. The van der Waals surface area contributed by atoms with Crippen LogP contribution < -0.4 is 20.1 Å². The summed E-state index contributed by atoms with van der Waals surface area (Å²) in [5.41, 5.74) is 1.43. The quantitative estimate of drug-likeness (QED) is 0.462. The number of rotatable bonds is 7. The third kappa shape index (κ3) is 5.61. The number of methoxy groups -OCH3 is 1. The fourth-order valence-electron chi connectivity index (χ4n) is 2.85. The van der Waals surface area contributed by atoms with Crippen molar-refractivity contribution in [3.05, 3.63) is 82.1 Å². The molecule has 2 N–H and O–H groups in total. The zero-order valence-corrected chi connectivity index (χ0v) is 18.5. The predicted octanol–water partition coefficient (Wildman–Crippen LogP) is 5.50. The summed E-state index contributed by atoms with van der Waals surface area (Å²) >= 11 is 3.40. The maximum absolute atomic E-state index is 13.3. The molecule has 0 heterocycles. The highest BCUT2D eigenvalue weighted by molar-refractivity contribution is 9.10. The summed E-state index contributed by atoms with van der Waals surface area (Å²) in [5.74, 6) is -0.324. The Balaban J connectivity index is 1.77. The third-order valence-corrected chi connectivity index (χ3v) is 4.83. The van der Waals surface area contributed by atoms with E-state index in [1.54, 1.807) is 36.4 Å². The number of ether oxygens (including phenoxy) is 2. The zero-order chi connectivity index (χ0) is 22.4. The lowest BCUT2D eigenvalue weighted by Gasteiger charge is -2.13. The Morgan fingerprint density at radius 3 is 2.23 bits per heavy atom. The minimum absolute atomic E-state index is 0.313. The van der Waals surface area contributed by atoms with E-state index in [-0.39, 0.29) is 5.91 Å². The highest BCUT2D eigenvalue weighted by atomic mass is 79.9. The molecule has 0 aliphatic heterocycles. The van der Waals surface area contributed by atoms with Crippen LogP contribution in [0.15, 0.2) is 65.1 Å². The molecule has 160 valence electrons. The summed E-state index contributed by atoms with van der Waals surface area (Å²) < 4.78 is 24.8. The molecule has 6 nitrogen and oxygen atoms in total. The highest BCUT2D eigenvalue weighted by Crippen LogP contribution is 2.36. The van der Waals surface area contributed by atoms with Crippen molar-refractivity contribution in [2.24, 2.45) is 0 Å². The number of nitrogens with one attached hydrogen (secondary N) is 2. The van der Waals surface area contributed by atoms with Gasteiger partial charge in [-0.1, -0.05) is 12.1 Å². The van der Waals surface area contributed by atoms with Crippen LogP contribution in [0.1, 0.15) is 27.6 Å². The van der Waals surface area contributed by atoms with Gasteiger partial charge in [0.1, 0.15) is 5.82 Å². The van der Waals surface area contributed by atoms with Crippen molar-refractivity contribution in [2.45, 2.75) is 6.92 Å². The van der Waals surface area contributed by atoms with E-state index in [9.17, 15) is 14.0 Å². The lowest BCUT2D eigenvalue weighted by atomic mass is 10.1. The maximum Gasteiger partial charge on any atom is 0.255 e. The molecular formula is C23H20BrFN2O4. The van der Waals surface area contributed by atoms with Crippen LogP contribution in [0.2, 0.25) is 0 Å². The monoisotopic (exact) mass is 486 g/mol. The maximum atomic E-state index is 13.3. The molecule has 0 saturated heterocycles. The summed E-state index contributed by atoms with van der Waals surface area (Å²) in [4.78, 5) is 25.2. The van der Waals surface area contributed by atoms with Gasteiger partial charge in [0, 0.05) is 22.5 Å². The molecule has 0 saturated carbocycles. The van der Waals surface area contributed by atoms with Gasteiger partial charge in [-0.2, -0.15) is 0 Å². The first-order valence-corrected chi connectivity index (χ1v) is 10.2. The van der Waals surface area contributed by atoms with Crippen molar-refractivity contribution in [1.82, 2.24) is 0 Å². The molecule has 0 aliphatic rings. The fraction of sp³-hybridized carbons (Fsp3) is 0.130. The molecule has 0 atom stereocenters. The Hall–Kier alpha value is -3.39. The molecule has 0 bridgehead atoms. The summed E-state index contributed by atoms with van der Waals surface area (Å²) in [5, 5.41) is 5.38. The Morgan fingerprint density at radius 1 is 0.935 bits per heavy atom. The molecule has 2 amide bonds. The fourth-order valence-corrected chi connectivity index (χ4v) is 3.40. The van der Waals surface area contributed by atoms with Gasteiger partial charge >= 0.3 is 0 Å². The van der Waals surface area contributed by atoms with E-state index in [1.165, 1.54) is 31.4 Å². The van der Waals surface area contributed by atoms with E-state index in [0.29, 0.717) is 45.1 Å². The van der Waals surface area contributed by atoms with Crippen LogP contribution in [0.5, 0.6) is 11.5 Å². The summed E-state index contributed by atoms with van der Waals surface area (Å²) in [6.07, 6.45) is 0. The van der Waals surface area contributed by atoms with E-state index in [0.717, 1.165) is 0 Å². The number of hydrogen-bond acceptors (Lipinski definition) is 4. The summed E-state index contributed by atoms with van der Waals surface area (Å²) in [6.45, 7) is 2.30. The van der Waals surface area contributed by atoms with E-state index < -0.39 is 11.7 Å². The van der Waals surface area contributed by atoms with Crippen molar-refractivity contribution < 1.29 is 23.5 Å². The molecule has 0 aliphatic carbocycles. The first-order chi connectivity index (χ1) is 14.9. The van der Waals surface area contributed by atoms with Crippen LogP contribution in [0.25, 0.3) is 0 Å². The first kappa shape index (κ1) is 22.3. The Bertz CT molecular complexity index is 1120. The van der Waals surface area contributed by atoms with Crippen LogP contribution in [0, 0.1) is 5.82 Å². The molecule has 0 fully saturated rings. The number of amides is 2. The zero-order valence-electron chi connectivity index (χ0n) is 16.9. The van der Waals surface area contributed by atoms with Crippen LogP contribution in [-0.2, 0) is 0 Å². The Labute approximate surface area is 187 Å². The molecule has 0 radical (unpaired) electrons. The lowest BCUT2D eigenvalue weighted by molar-refractivity contribution is 0.101. The molecule has 3 aromatic carbocycles. The second kappa shape index (κ2) is 10.1. The molecule has 3 rings (SSSR count). The van der Waals surface area contributed by atoms with E-state index in [4.69, 9.17) is 9.47 Å². The van der Waals surface area contributed by atoms with Gasteiger partial charge in [0.25, 0.3) is 11.8 Å². The predicted molar refractivity (Wildman–Crippen MR) is 121 cm³/mol. The van der Waals surface area contributed by atoms with Gasteiger partial charge in [0.2, 0.25) is 0 Å². The second-order valence-corrected chi connectivity index (χ2v) is 7.28. The first-order valence-electron chi connectivity index (χ1n) is 9.40. The van der Waals surface area contributed by atoms with Gasteiger partial charge < -0.3 is 20.1 Å². The van der Waals surface area contributed by atoms with Crippen LogP contribution >= 0.6 is 15.9 Å². The molecule has 31 heavy (non-hydrogen) atoms.